The lowest BCUT2D eigenvalue weighted by atomic mass is 10.0. The predicted octanol–water partition coefficient (Wildman–Crippen LogP) is -2.94. The van der Waals surface area contributed by atoms with Gasteiger partial charge in [-0.25, -0.2) is 4.79 Å². The minimum Gasteiger partial charge on any atom is -0.480 e. The number of aliphatic carboxylic acids is 1. The first-order valence-corrected chi connectivity index (χ1v) is 7.84. The number of nitrogens with one attached hydrogen (secondary N) is 3. The van der Waals surface area contributed by atoms with Crippen LogP contribution in [0.15, 0.2) is 0 Å². The third kappa shape index (κ3) is 7.62. The number of nitrogens with two attached hydrogens (primary N) is 1. The van der Waals surface area contributed by atoms with Gasteiger partial charge in [-0.2, -0.15) is 12.6 Å². The summed E-state index contributed by atoms with van der Waals surface area (Å²) in [5, 5.41) is 24.6. The molecule has 0 spiro atoms. The summed E-state index contributed by atoms with van der Waals surface area (Å²) in [5.74, 6) is -3.58. The van der Waals surface area contributed by atoms with Crippen molar-refractivity contribution < 1.29 is 29.4 Å². The van der Waals surface area contributed by atoms with Gasteiger partial charge < -0.3 is 31.9 Å². The highest BCUT2D eigenvalue weighted by Gasteiger charge is 2.28. The topological polar surface area (TPSA) is 171 Å². The fourth-order valence-electron chi connectivity index (χ4n) is 1.59. The first-order chi connectivity index (χ1) is 11.1. The number of rotatable bonds is 10. The third-order valence-corrected chi connectivity index (χ3v) is 3.41. The zero-order valence-corrected chi connectivity index (χ0v) is 14.4. The lowest BCUT2D eigenvalue weighted by Gasteiger charge is -2.23. The number of hydrogen-bond acceptors (Lipinski definition) is 7. The number of aliphatic hydroxyl groups excluding tert-OH is 1. The second-order valence-electron chi connectivity index (χ2n) is 5.38. The van der Waals surface area contributed by atoms with Crippen LogP contribution in [-0.4, -0.2) is 70.9 Å². The Hall–Kier alpha value is -1.85. The minimum absolute atomic E-state index is 0.113. The van der Waals surface area contributed by atoms with Gasteiger partial charge in [-0.3, -0.25) is 14.4 Å². The van der Waals surface area contributed by atoms with Crippen molar-refractivity contribution >= 4 is 36.3 Å². The van der Waals surface area contributed by atoms with Gasteiger partial charge in [-0.15, -0.1) is 0 Å². The van der Waals surface area contributed by atoms with Crippen LogP contribution in [0.2, 0.25) is 0 Å². The van der Waals surface area contributed by atoms with E-state index in [2.05, 4.69) is 28.6 Å². The largest absolute Gasteiger partial charge is 0.480 e. The smallest absolute Gasteiger partial charge is 0.328 e. The molecule has 0 rings (SSSR count). The van der Waals surface area contributed by atoms with Crippen molar-refractivity contribution in [3.8, 4) is 0 Å². The second kappa shape index (κ2) is 10.8. The van der Waals surface area contributed by atoms with E-state index in [-0.39, 0.29) is 18.2 Å². The number of carbonyl (C=O) groups excluding carboxylic acids is 3. The molecular weight excluding hydrogens is 340 g/mol. The van der Waals surface area contributed by atoms with Gasteiger partial charge in [0.1, 0.15) is 12.1 Å². The van der Waals surface area contributed by atoms with Crippen molar-refractivity contribution in [3.05, 3.63) is 0 Å². The van der Waals surface area contributed by atoms with Crippen LogP contribution in [0.25, 0.3) is 0 Å². The molecule has 0 aromatic rings. The van der Waals surface area contributed by atoms with Crippen molar-refractivity contribution in [1.82, 2.24) is 16.0 Å². The molecule has 24 heavy (non-hydrogen) atoms. The molecule has 0 aliphatic heterocycles. The Bertz CT molecular complexity index is 473. The van der Waals surface area contributed by atoms with Crippen LogP contribution in [0.1, 0.15) is 13.8 Å². The second-order valence-corrected chi connectivity index (χ2v) is 5.74. The molecule has 0 aliphatic carbocycles. The van der Waals surface area contributed by atoms with Gasteiger partial charge in [0.25, 0.3) is 0 Å². The Morgan fingerprint density at radius 2 is 1.71 bits per heavy atom. The molecule has 10 nitrogen and oxygen atoms in total. The summed E-state index contributed by atoms with van der Waals surface area (Å²) in [7, 11) is 0. The van der Waals surface area contributed by atoms with E-state index in [1.807, 2.05) is 0 Å². The molecule has 3 unspecified atom stereocenters. The number of carbonyl (C=O) groups is 4. The van der Waals surface area contributed by atoms with Crippen molar-refractivity contribution in [1.29, 1.82) is 0 Å². The molecule has 0 fully saturated rings. The molecular formula is C13H24N4O6S. The van der Waals surface area contributed by atoms with Crippen LogP contribution in [0.4, 0.5) is 0 Å². The number of aliphatic hydroxyl groups is 1. The van der Waals surface area contributed by atoms with Gasteiger partial charge in [0, 0.05) is 5.75 Å². The summed E-state index contributed by atoms with van der Waals surface area (Å²) < 4.78 is 0. The molecule has 138 valence electrons. The lowest BCUT2D eigenvalue weighted by molar-refractivity contribution is -0.143. The molecule has 0 saturated heterocycles. The van der Waals surface area contributed by atoms with E-state index < -0.39 is 48.4 Å². The number of amides is 3. The Morgan fingerprint density at radius 1 is 1.12 bits per heavy atom. The quantitative estimate of drug-likeness (QED) is 0.203. The maximum absolute atomic E-state index is 12.1. The molecule has 7 N–H and O–H groups in total. The van der Waals surface area contributed by atoms with Gasteiger partial charge in [0.15, 0.2) is 0 Å². The number of carboxylic acid groups (broad SMARTS) is 1. The standard InChI is InChI=1S/C13H24N4O6S/c1-6(2)10(12(21)16-8(4-18)13(22)23)17-9(19)3-15-11(20)7(14)5-24/h6-8,10,18,24H,3-5,14H2,1-2H3,(H,15,20)(H,16,21)(H,17,19)(H,22,23). The molecule has 0 bridgehead atoms. The van der Waals surface area contributed by atoms with E-state index in [4.69, 9.17) is 15.9 Å². The minimum atomic E-state index is -1.47. The van der Waals surface area contributed by atoms with Gasteiger partial charge in [0.2, 0.25) is 17.7 Å². The number of carboxylic acids is 1. The fraction of sp³-hybridized carbons (Fsp3) is 0.692. The molecule has 3 atom stereocenters. The van der Waals surface area contributed by atoms with Crippen molar-refractivity contribution in [3.63, 3.8) is 0 Å². The molecule has 0 aromatic carbocycles. The maximum atomic E-state index is 12.1. The number of hydrogen-bond donors (Lipinski definition) is 7. The summed E-state index contributed by atoms with van der Waals surface area (Å²) in [6, 6.07) is -3.35. The van der Waals surface area contributed by atoms with Crippen LogP contribution in [0.5, 0.6) is 0 Å². The average Bonchev–Trinajstić information content (AvgIpc) is 2.53. The summed E-state index contributed by atoms with van der Waals surface area (Å²) in [6.45, 7) is 2.12. The molecule has 0 aliphatic rings. The fourth-order valence-corrected chi connectivity index (χ4v) is 1.75. The average molecular weight is 364 g/mol. The van der Waals surface area contributed by atoms with Crippen molar-refractivity contribution in [2.75, 3.05) is 18.9 Å². The molecule has 0 saturated carbocycles. The van der Waals surface area contributed by atoms with E-state index in [9.17, 15) is 19.2 Å². The van der Waals surface area contributed by atoms with Crippen LogP contribution in [-0.2, 0) is 19.2 Å². The highest BCUT2D eigenvalue weighted by Crippen LogP contribution is 2.02. The zero-order chi connectivity index (χ0) is 18.9. The van der Waals surface area contributed by atoms with Gasteiger partial charge in [-0.05, 0) is 5.92 Å². The van der Waals surface area contributed by atoms with E-state index in [0.29, 0.717) is 0 Å². The van der Waals surface area contributed by atoms with Crippen molar-refractivity contribution in [2.45, 2.75) is 32.0 Å². The lowest BCUT2D eigenvalue weighted by Crippen LogP contribution is -2.56. The van der Waals surface area contributed by atoms with Crippen LogP contribution in [0.3, 0.4) is 0 Å². The van der Waals surface area contributed by atoms with Crippen LogP contribution in [0, 0.1) is 5.92 Å². The van der Waals surface area contributed by atoms with Gasteiger partial charge >= 0.3 is 5.97 Å². The SMILES string of the molecule is CC(C)C(NC(=O)CNC(=O)C(N)CS)C(=O)NC(CO)C(=O)O. The predicted molar refractivity (Wildman–Crippen MR) is 88.3 cm³/mol. The third-order valence-electron chi connectivity index (χ3n) is 3.02. The molecule has 11 heteroatoms. The van der Waals surface area contributed by atoms with E-state index in [1.54, 1.807) is 13.8 Å². The van der Waals surface area contributed by atoms with E-state index in [0.717, 1.165) is 0 Å². The highest BCUT2D eigenvalue weighted by molar-refractivity contribution is 7.80. The maximum Gasteiger partial charge on any atom is 0.328 e. The number of thiol groups is 1. The van der Waals surface area contributed by atoms with Crippen LogP contribution >= 0.6 is 12.6 Å². The summed E-state index contributed by atoms with van der Waals surface area (Å²) in [6.07, 6.45) is 0. The Kier molecular flexibility index (Phi) is 10.0. The monoisotopic (exact) mass is 364 g/mol. The normalized spacial score (nSPS) is 14.4. The highest BCUT2D eigenvalue weighted by atomic mass is 32.1. The molecule has 0 heterocycles. The molecule has 0 aromatic heterocycles. The summed E-state index contributed by atoms with van der Waals surface area (Å²) in [4.78, 5) is 46.2. The van der Waals surface area contributed by atoms with E-state index in [1.165, 1.54) is 0 Å². The van der Waals surface area contributed by atoms with Gasteiger partial charge in [0.05, 0.1) is 19.2 Å². The van der Waals surface area contributed by atoms with Gasteiger partial charge in [-0.1, -0.05) is 13.8 Å². The Labute approximate surface area is 144 Å². The molecule has 3 amide bonds. The summed E-state index contributed by atoms with van der Waals surface area (Å²) >= 11 is 3.86. The first-order valence-electron chi connectivity index (χ1n) is 7.21. The Balaban J connectivity index is 4.67. The van der Waals surface area contributed by atoms with Crippen LogP contribution < -0.4 is 21.7 Å². The zero-order valence-electron chi connectivity index (χ0n) is 13.5. The molecule has 0 radical (unpaired) electrons. The summed E-state index contributed by atoms with van der Waals surface area (Å²) in [5.41, 5.74) is 5.44. The van der Waals surface area contributed by atoms with E-state index >= 15 is 0 Å². The van der Waals surface area contributed by atoms with Crippen molar-refractivity contribution in [2.24, 2.45) is 11.7 Å². The first kappa shape index (κ1) is 22.1. The Morgan fingerprint density at radius 3 is 2.12 bits per heavy atom.